The fourth-order valence-corrected chi connectivity index (χ4v) is 3.86. The van der Waals surface area contributed by atoms with Crippen LogP contribution < -0.4 is 4.52 Å². The van der Waals surface area contributed by atoms with Gasteiger partial charge in [0.25, 0.3) is 0 Å². The zero-order valence-corrected chi connectivity index (χ0v) is 14.2. The molecule has 0 saturated carbocycles. The Labute approximate surface area is 145 Å². The summed E-state index contributed by atoms with van der Waals surface area (Å²) < 4.78 is 17.8. The van der Waals surface area contributed by atoms with Crippen LogP contribution in [0.5, 0.6) is 5.75 Å². The van der Waals surface area contributed by atoms with E-state index in [-0.39, 0.29) is 18.3 Å². The predicted molar refractivity (Wildman–Crippen MR) is 95.9 cm³/mol. The molecule has 0 amide bonds. The second-order valence-electron chi connectivity index (χ2n) is 5.75. The number of carboxylic acids is 1. The Bertz CT molecular complexity index is 967. The van der Waals surface area contributed by atoms with Crippen LogP contribution in [0.4, 0.5) is 0 Å². The van der Waals surface area contributed by atoms with Crippen LogP contribution in [0.2, 0.25) is 0 Å². The molecule has 0 bridgehead atoms. The average Bonchev–Trinajstić information content (AvgIpc) is 2.55. The lowest BCUT2D eigenvalue weighted by molar-refractivity contribution is -0.136. The molecule has 0 fully saturated rings. The van der Waals surface area contributed by atoms with Gasteiger partial charge in [0.1, 0.15) is 5.75 Å². The number of rotatable bonds is 6. The van der Waals surface area contributed by atoms with E-state index < -0.39 is 13.6 Å². The molecule has 2 N–H and O–H groups in total. The summed E-state index contributed by atoms with van der Waals surface area (Å²) in [6, 6.07) is 19.6. The fourth-order valence-electron chi connectivity index (χ4n) is 2.66. The highest BCUT2D eigenvalue weighted by molar-refractivity contribution is 7.52. The number of hydrogen-bond acceptors (Lipinski definition) is 3. The maximum absolute atomic E-state index is 12.5. The third-order valence-electron chi connectivity index (χ3n) is 3.75. The molecule has 25 heavy (non-hydrogen) atoms. The quantitative estimate of drug-likeness (QED) is 0.646. The molecule has 3 aromatic rings. The van der Waals surface area contributed by atoms with Gasteiger partial charge in [-0.05, 0) is 22.4 Å². The molecule has 0 aliphatic heterocycles. The van der Waals surface area contributed by atoms with Crippen molar-refractivity contribution in [2.75, 3.05) is 0 Å². The molecule has 0 spiro atoms. The number of hydrogen-bond donors (Lipinski definition) is 2. The largest absolute Gasteiger partial charge is 0.481 e. The molecule has 6 heteroatoms. The van der Waals surface area contributed by atoms with E-state index in [0.29, 0.717) is 11.1 Å². The van der Waals surface area contributed by atoms with E-state index in [4.69, 9.17) is 9.63 Å². The van der Waals surface area contributed by atoms with Crippen molar-refractivity contribution in [3.8, 4) is 5.75 Å². The monoisotopic (exact) mass is 356 g/mol. The molecule has 5 nitrogen and oxygen atoms in total. The lowest BCUT2D eigenvalue weighted by Gasteiger charge is -2.16. The SMILES string of the molecule is O=C(O)Cc1ccccc1OP(=O)(O)Cc1ccc2ccccc2c1. The molecule has 0 aromatic heterocycles. The second-order valence-corrected chi connectivity index (χ2v) is 7.52. The smallest absolute Gasteiger partial charge is 0.380 e. The van der Waals surface area contributed by atoms with E-state index >= 15 is 0 Å². The zero-order chi connectivity index (χ0) is 17.9. The van der Waals surface area contributed by atoms with Crippen molar-refractivity contribution in [3.63, 3.8) is 0 Å². The van der Waals surface area contributed by atoms with E-state index in [1.165, 1.54) is 6.07 Å². The van der Waals surface area contributed by atoms with Gasteiger partial charge in [0, 0.05) is 5.56 Å². The van der Waals surface area contributed by atoms with Crippen molar-refractivity contribution >= 4 is 24.3 Å². The molecular weight excluding hydrogens is 339 g/mol. The van der Waals surface area contributed by atoms with Crippen molar-refractivity contribution in [2.45, 2.75) is 12.6 Å². The summed E-state index contributed by atoms with van der Waals surface area (Å²) >= 11 is 0. The topological polar surface area (TPSA) is 83.8 Å². The maximum atomic E-state index is 12.5. The van der Waals surface area contributed by atoms with Crippen molar-refractivity contribution < 1.29 is 23.9 Å². The molecule has 0 aliphatic carbocycles. The van der Waals surface area contributed by atoms with Gasteiger partial charge in [-0.25, -0.2) is 4.57 Å². The number of carboxylic acid groups (broad SMARTS) is 1. The molecule has 0 radical (unpaired) electrons. The molecule has 0 aliphatic rings. The predicted octanol–water partition coefficient (Wildman–Crippen LogP) is 4.23. The Kier molecular flexibility index (Phi) is 4.88. The third kappa shape index (κ3) is 4.47. The van der Waals surface area contributed by atoms with E-state index in [9.17, 15) is 14.3 Å². The van der Waals surface area contributed by atoms with Gasteiger partial charge in [-0.1, -0.05) is 60.7 Å². The van der Waals surface area contributed by atoms with Crippen LogP contribution in [-0.2, 0) is 21.9 Å². The number of fused-ring (bicyclic) bond motifs is 1. The average molecular weight is 356 g/mol. The van der Waals surface area contributed by atoms with Crippen molar-refractivity contribution in [2.24, 2.45) is 0 Å². The van der Waals surface area contributed by atoms with E-state index in [2.05, 4.69) is 0 Å². The third-order valence-corrected chi connectivity index (χ3v) is 5.00. The van der Waals surface area contributed by atoms with Crippen LogP contribution in [0.25, 0.3) is 10.8 Å². The summed E-state index contributed by atoms with van der Waals surface area (Å²) in [7, 11) is -3.98. The normalized spacial score (nSPS) is 13.3. The molecule has 0 heterocycles. The molecule has 0 saturated heterocycles. The lowest BCUT2D eigenvalue weighted by atomic mass is 10.1. The highest BCUT2D eigenvalue weighted by Crippen LogP contribution is 2.47. The van der Waals surface area contributed by atoms with Gasteiger partial charge in [-0.15, -0.1) is 0 Å². The van der Waals surface area contributed by atoms with Crippen LogP contribution in [0.3, 0.4) is 0 Å². The molecule has 3 rings (SSSR count). The lowest BCUT2D eigenvalue weighted by Crippen LogP contribution is -2.04. The summed E-state index contributed by atoms with van der Waals surface area (Å²) in [6.45, 7) is 0. The van der Waals surface area contributed by atoms with E-state index in [1.54, 1.807) is 24.3 Å². The maximum Gasteiger partial charge on any atom is 0.380 e. The molecule has 128 valence electrons. The summed E-state index contributed by atoms with van der Waals surface area (Å²) in [4.78, 5) is 21.2. The van der Waals surface area contributed by atoms with Gasteiger partial charge < -0.3 is 14.5 Å². The first kappa shape index (κ1) is 17.2. The molecule has 3 aromatic carbocycles. The van der Waals surface area contributed by atoms with Crippen molar-refractivity contribution in [1.82, 2.24) is 0 Å². The fraction of sp³-hybridized carbons (Fsp3) is 0.105. The van der Waals surface area contributed by atoms with Gasteiger partial charge in [0.15, 0.2) is 0 Å². The number of para-hydroxylation sites is 1. The van der Waals surface area contributed by atoms with Crippen molar-refractivity contribution in [3.05, 3.63) is 77.9 Å². The Balaban J connectivity index is 1.82. The van der Waals surface area contributed by atoms with E-state index in [1.807, 2.05) is 36.4 Å². The minimum atomic E-state index is -3.98. The summed E-state index contributed by atoms with van der Waals surface area (Å²) in [6.07, 6.45) is -0.425. The van der Waals surface area contributed by atoms with Crippen LogP contribution in [0, 0.1) is 0 Å². The van der Waals surface area contributed by atoms with E-state index in [0.717, 1.165) is 10.8 Å². The highest BCUT2D eigenvalue weighted by Gasteiger charge is 2.23. The summed E-state index contributed by atoms with van der Waals surface area (Å²) in [5.74, 6) is -0.908. The molecule has 1 unspecified atom stereocenters. The van der Waals surface area contributed by atoms with Gasteiger partial charge in [0.05, 0.1) is 12.6 Å². The van der Waals surface area contributed by atoms with Gasteiger partial charge in [-0.2, -0.15) is 0 Å². The van der Waals surface area contributed by atoms with Crippen LogP contribution in [0.1, 0.15) is 11.1 Å². The Morgan fingerprint density at radius 3 is 2.40 bits per heavy atom. The first-order chi connectivity index (χ1) is 11.9. The Morgan fingerprint density at radius 2 is 1.64 bits per heavy atom. The number of benzene rings is 3. The van der Waals surface area contributed by atoms with Gasteiger partial charge in [-0.3, -0.25) is 4.79 Å². The molecular formula is C19H17O5P. The molecule has 1 atom stereocenters. The summed E-state index contributed by atoms with van der Waals surface area (Å²) in [5, 5.41) is 11.0. The van der Waals surface area contributed by atoms with Crippen LogP contribution in [0.15, 0.2) is 66.7 Å². The number of aliphatic carboxylic acids is 1. The standard InChI is InChI=1S/C19H17O5P/c20-19(21)12-17-7-3-4-8-18(17)24-25(22,23)13-14-9-10-15-5-1-2-6-16(15)11-14/h1-11H,12-13H2,(H,20,21)(H,22,23). The minimum absolute atomic E-state index is 0.122. The zero-order valence-electron chi connectivity index (χ0n) is 13.3. The van der Waals surface area contributed by atoms with Crippen molar-refractivity contribution in [1.29, 1.82) is 0 Å². The highest BCUT2D eigenvalue weighted by atomic mass is 31.2. The van der Waals surface area contributed by atoms with Gasteiger partial charge in [0.2, 0.25) is 0 Å². The Hall–Kier alpha value is -2.62. The first-order valence-corrected chi connectivity index (χ1v) is 9.48. The number of carbonyl (C=O) groups is 1. The van der Waals surface area contributed by atoms with Crippen LogP contribution in [-0.4, -0.2) is 16.0 Å². The minimum Gasteiger partial charge on any atom is -0.481 e. The Morgan fingerprint density at radius 1 is 0.960 bits per heavy atom. The first-order valence-electron chi connectivity index (χ1n) is 7.72. The second kappa shape index (κ2) is 7.09. The summed E-state index contributed by atoms with van der Waals surface area (Å²) in [5.41, 5.74) is 1.04. The van der Waals surface area contributed by atoms with Gasteiger partial charge >= 0.3 is 13.6 Å². The van der Waals surface area contributed by atoms with Crippen LogP contribution >= 0.6 is 7.60 Å².